The van der Waals surface area contributed by atoms with Crippen molar-refractivity contribution >= 4 is 50.7 Å². The molecule has 4 aromatic carbocycles. The van der Waals surface area contributed by atoms with E-state index in [1.165, 1.54) is 47.4 Å². The van der Waals surface area contributed by atoms with Crippen molar-refractivity contribution in [2.24, 2.45) is 0 Å². The zero-order valence-electron chi connectivity index (χ0n) is 24.9. The molecule has 0 heterocycles. The Kier molecular flexibility index (Phi) is 11.6. The lowest BCUT2D eigenvalue weighted by atomic mass is 10.0. The van der Waals surface area contributed by atoms with E-state index in [0.29, 0.717) is 12.0 Å². The van der Waals surface area contributed by atoms with E-state index < -0.39 is 40.2 Å². The highest BCUT2D eigenvalue weighted by molar-refractivity contribution is 7.92. The predicted octanol–water partition coefficient (Wildman–Crippen LogP) is 6.88. The number of carbonyl (C=O) groups excluding carboxylic acids is 2. The van der Waals surface area contributed by atoms with Crippen LogP contribution in [0.3, 0.4) is 0 Å². The molecule has 45 heavy (non-hydrogen) atoms. The number of para-hydroxylation sites is 1. The summed E-state index contributed by atoms with van der Waals surface area (Å²) >= 11 is 13.1. The fourth-order valence-electron chi connectivity index (χ4n) is 4.74. The monoisotopic (exact) mass is 669 g/mol. The third-order valence-electron chi connectivity index (χ3n) is 7.39. The Morgan fingerprint density at radius 2 is 1.42 bits per heavy atom. The first-order valence-corrected chi connectivity index (χ1v) is 16.6. The molecule has 7 nitrogen and oxygen atoms in total. The first-order chi connectivity index (χ1) is 21.5. The number of sulfonamides is 1. The smallest absolute Gasteiger partial charge is 0.264 e. The number of benzene rings is 4. The maximum absolute atomic E-state index is 15.2. The summed E-state index contributed by atoms with van der Waals surface area (Å²) in [6, 6.07) is 25.5. The number of nitrogens with one attached hydrogen (secondary N) is 1. The predicted molar refractivity (Wildman–Crippen MR) is 176 cm³/mol. The molecular formula is C34H34Cl2FN3O4S. The van der Waals surface area contributed by atoms with Gasteiger partial charge in [-0.15, -0.1) is 0 Å². The van der Waals surface area contributed by atoms with Crippen molar-refractivity contribution in [3.05, 3.63) is 130 Å². The van der Waals surface area contributed by atoms with Gasteiger partial charge in [-0.25, -0.2) is 12.8 Å². The summed E-state index contributed by atoms with van der Waals surface area (Å²) in [6.45, 7) is 2.76. The molecule has 0 unspecified atom stereocenters. The Bertz CT molecular complexity index is 1710. The molecule has 0 spiro atoms. The number of carbonyl (C=O) groups is 2. The van der Waals surface area contributed by atoms with Crippen LogP contribution in [0.2, 0.25) is 10.0 Å². The number of hydrogen-bond acceptors (Lipinski definition) is 4. The maximum Gasteiger partial charge on any atom is 0.264 e. The maximum atomic E-state index is 15.2. The topological polar surface area (TPSA) is 86.8 Å². The molecule has 0 aliphatic carbocycles. The average Bonchev–Trinajstić information content (AvgIpc) is 3.03. The van der Waals surface area contributed by atoms with Gasteiger partial charge in [-0.1, -0.05) is 96.9 Å². The highest BCUT2D eigenvalue weighted by Crippen LogP contribution is 2.30. The standard InChI is InChI=1S/C34H34Cl2FN3O4S/c1-3-24(2)38-34(42)32(21-25-13-6-4-7-14-25)39(22-27-28(35)17-12-18-29(27)36)33(41)23-40(31-20-11-10-19-30(31)37)45(43,44)26-15-8-5-9-16-26/h4-20,24,32H,3,21-23H2,1-2H3,(H,38,42)/t24-,32-/m0/s1. The number of nitrogens with zero attached hydrogens (tertiary/aromatic N) is 2. The number of anilines is 1. The van der Waals surface area contributed by atoms with E-state index >= 15 is 4.39 Å². The second-order valence-electron chi connectivity index (χ2n) is 10.5. The van der Waals surface area contributed by atoms with Crippen molar-refractivity contribution in [1.82, 2.24) is 10.2 Å². The zero-order valence-corrected chi connectivity index (χ0v) is 27.2. The highest BCUT2D eigenvalue weighted by Gasteiger charge is 2.36. The molecule has 0 radical (unpaired) electrons. The van der Waals surface area contributed by atoms with Crippen molar-refractivity contribution in [3.8, 4) is 0 Å². The molecule has 2 atom stereocenters. The van der Waals surface area contributed by atoms with Crippen LogP contribution in [0.5, 0.6) is 0 Å². The number of hydrogen-bond donors (Lipinski definition) is 1. The first-order valence-electron chi connectivity index (χ1n) is 14.4. The number of halogens is 3. The molecule has 0 saturated heterocycles. The second kappa shape index (κ2) is 15.4. The highest BCUT2D eigenvalue weighted by atomic mass is 35.5. The summed E-state index contributed by atoms with van der Waals surface area (Å²) in [7, 11) is -4.43. The van der Waals surface area contributed by atoms with Gasteiger partial charge in [0, 0.05) is 34.6 Å². The molecule has 2 amide bonds. The van der Waals surface area contributed by atoms with E-state index in [1.54, 1.807) is 24.3 Å². The van der Waals surface area contributed by atoms with Crippen LogP contribution in [0.15, 0.2) is 108 Å². The van der Waals surface area contributed by atoms with Gasteiger partial charge in [0.15, 0.2) is 0 Å². The van der Waals surface area contributed by atoms with Crippen LogP contribution in [0.4, 0.5) is 10.1 Å². The Hall–Kier alpha value is -3.92. The largest absolute Gasteiger partial charge is 0.352 e. The summed E-state index contributed by atoms with van der Waals surface area (Å²) in [6.07, 6.45) is 0.756. The molecule has 0 bridgehead atoms. The zero-order chi connectivity index (χ0) is 32.6. The summed E-state index contributed by atoms with van der Waals surface area (Å²) in [4.78, 5) is 29.5. The van der Waals surface area contributed by atoms with Crippen LogP contribution in [0.1, 0.15) is 31.4 Å². The van der Waals surface area contributed by atoms with Gasteiger partial charge in [-0.05, 0) is 55.3 Å². The molecule has 4 aromatic rings. The van der Waals surface area contributed by atoms with Crippen molar-refractivity contribution < 1.29 is 22.4 Å². The fraction of sp³-hybridized carbons (Fsp3) is 0.235. The quantitative estimate of drug-likeness (QED) is 0.168. The van der Waals surface area contributed by atoms with Crippen LogP contribution in [-0.4, -0.2) is 43.8 Å². The third-order valence-corrected chi connectivity index (χ3v) is 9.88. The summed E-state index contributed by atoms with van der Waals surface area (Å²) in [5.74, 6) is -2.03. The van der Waals surface area contributed by atoms with Crippen molar-refractivity contribution in [1.29, 1.82) is 0 Å². The lowest BCUT2D eigenvalue weighted by molar-refractivity contribution is -0.140. The van der Waals surface area contributed by atoms with Crippen LogP contribution in [0.25, 0.3) is 0 Å². The van der Waals surface area contributed by atoms with Crippen molar-refractivity contribution in [2.45, 2.75) is 50.2 Å². The third kappa shape index (κ3) is 8.42. The van der Waals surface area contributed by atoms with Gasteiger partial charge >= 0.3 is 0 Å². The molecule has 0 saturated carbocycles. The Labute approximate surface area is 273 Å². The van der Waals surface area contributed by atoms with Gasteiger partial charge in [0.05, 0.1) is 10.6 Å². The normalized spacial score (nSPS) is 12.6. The SMILES string of the molecule is CC[C@H](C)NC(=O)[C@H](Cc1ccccc1)N(Cc1c(Cl)cccc1Cl)C(=O)CN(c1ccccc1F)S(=O)(=O)c1ccccc1. The minimum Gasteiger partial charge on any atom is -0.352 e. The van der Waals surface area contributed by atoms with E-state index in [2.05, 4.69) is 5.32 Å². The van der Waals surface area contributed by atoms with Gasteiger partial charge in [0.1, 0.15) is 18.4 Å². The summed E-state index contributed by atoms with van der Waals surface area (Å²) < 4.78 is 43.9. The van der Waals surface area contributed by atoms with Crippen molar-refractivity contribution in [2.75, 3.05) is 10.8 Å². The summed E-state index contributed by atoms with van der Waals surface area (Å²) in [5, 5.41) is 3.49. The molecule has 0 fully saturated rings. The van der Waals surface area contributed by atoms with Crippen LogP contribution >= 0.6 is 23.2 Å². The average molecular weight is 671 g/mol. The van der Waals surface area contributed by atoms with Gasteiger partial charge in [-0.2, -0.15) is 0 Å². The summed E-state index contributed by atoms with van der Waals surface area (Å²) in [5.41, 5.74) is 0.841. The van der Waals surface area contributed by atoms with E-state index in [4.69, 9.17) is 23.2 Å². The molecule has 11 heteroatoms. The Morgan fingerprint density at radius 1 is 0.844 bits per heavy atom. The van der Waals surface area contributed by atoms with Gasteiger partial charge in [-0.3, -0.25) is 13.9 Å². The lowest BCUT2D eigenvalue weighted by Crippen LogP contribution is -2.54. The molecule has 1 N–H and O–H groups in total. The second-order valence-corrected chi connectivity index (χ2v) is 13.2. The number of rotatable bonds is 13. The van der Waals surface area contributed by atoms with Gasteiger partial charge in [0.25, 0.3) is 10.0 Å². The molecule has 236 valence electrons. The van der Waals surface area contributed by atoms with E-state index in [1.807, 2.05) is 44.2 Å². The van der Waals surface area contributed by atoms with Crippen LogP contribution in [0, 0.1) is 5.82 Å². The van der Waals surface area contributed by atoms with Gasteiger partial charge < -0.3 is 10.2 Å². The molecule has 0 aromatic heterocycles. The minimum absolute atomic E-state index is 0.113. The Balaban J connectivity index is 1.85. The van der Waals surface area contributed by atoms with Crippen molar-refractivity contribution in [3.63, 3.8) is 0 Å². The molecular weight excluding hydrogens is 636 g/mol. The molecule has 0 aliphatic rings. The van der Waals surface area contributed by atoms with E-state index in [-0.39, 0.29) is 39.6 Å². The minimum atomic E-state index is -4.43. The fourth-order valence-corrected chi connectivity index (χ4v) is 6.70. The van der Waals surface area contributed by atoms with E-state index in [9.17, 15) is 18.0 Å². The lowest BCUT2D eigenvalue weighted by Gasteiger charge is -2.34. The van der Waals surface area contributed by atoms with Crippen LogP contribution in [-0.2, 0) is 32.6 Å². The van der Waals surface area contributed by atoms with E-state index in [0.717, 1.165) is 15.9 Å². The van der Waals surface area contributed by atoms with Gasteiger partial charge in [0.2, 0.25) is 11.8 Å². The number of amides is 2. The molecule has 0 aliphatic heterocycles. The molecule has 4 rings (SSSR count). The Morgan fingerprint density at radius 3 is 2.02 bits per heavy atom. The van der Waals surface area contributed by atoms with Crippen LogP contribution < -0.4 is 9.62 Å². The first kappa shape index (κ1) is 34.0.